The van der Waals surface area contributed by atoms with E-state index in [2.05, 4.69) is 10.0 Å². The summed E-state index contributed by atoms with van der Waals surface area (Å²) in [7, 11) is -2.50. The SMILES string of the molecule is COc1ccc(CNC(=O)c2ccc(NS(=O)(=O)c3ccc4c(c3)OCCCO4)cc2)cc1F. The Kier molecular flexibility index (Phi) is 6.87. The summed E-state index contributed by atoms with van der Waals surface area (Å²) in [6.07, 6.45) is 0.714. The molecule has 0 spiro atoms. The molecule has 34 heavy (non-hydrogen) atoms. The zero-order valence-corrected chi connectivity index (χ0v) is 19.2. The summed E-state index contributed by atoms with van der Waals surface area (Å²) in [5, 5.41) is 2.70. The summed E-state index contributed by atoms with van der Waals surface area (Å²) in [6.45, 7) is 1.08. The summed E-state index contributed by atoms with van der Waals surface area (Å²) >= 11 is 0. The van der Waals surface area contributed by atoms with E-state index in [1.807, 2.05) is 0 Å². The van der Waals surface area contributed by atoms with E-state index in [0.717, 1.165) is 0 Å². The summed E-state index contributed by atoms with van der Waals surface area (Å²) in [5.74, 6) is 0.112. The van der Waals surface area contributed by atoms with Crippen molar-refractivity contribution in [1.82, 2.24) is 5.32 Å². The van der Waals surface area contributed by atoms with Gasteiger partial charge in [0.05, 0.1) is 25.2 Å². The first-order valence-electron chi connectivity index (χ1n) is 10.5. The molecule has 1 aliphatic rings. The lowest BCUT2D eigenvalue weighted by molar-refractivity contribution is 0.0951. The molecule has 0 atom stereocenters. The molecule has 10 heteroatoms. The number of methoxy groups -OCH3 is 1. The molecule has 178 valence electrons. The minimum absolute atomic E-state index is 0.0327. The number of nitrogens with one attached hydrogen (secondary N) is 2. The van der Waals surface area contributed by atoms with Gasteiger partial charge in [0.2, 0.25) is 0 Å². The molecule has 0 radical (unpaired) electrons. The maximum atomic E-state index is 13.8. The summed E-state index contributed by atoms with van der Waals surface area (Å²) in [6, 6.07) is 14.8. The minimum atomic E-state index is -3.88. The summed E-state index contributed by atoms with van der Waals surface area (Å²) < 4.78 is 57.8. The molecule has 2 N–H and O–H groups in total. The van der Waals surface area contributed by atoms with Crippen LogP contribution in [-0.4, -0.2) is 34.6 Å². The molecule has 3 aromatic carbocycles. The van der Waals surface area contributed by atoms with Gasteiger partial charge in [0.15, 0.2) is 23.1 Å². The Morgan fingerprint density at radius 2 is 1.74 bits per heavy atom. The number of carbonyl (C=O) groups is 1. The molecule has 1 amide bonds. The smallest absolute Gasteiger partial charge is 0.262 e. The van der Waals surface area contributed by atoms with E-state index in [4.69, 9.17) is 14.2 Å². The maximum absolute atomic E-state index is 13.8. The van der Waals surface area contributed by atoms with Gasteiger partial charge < -0.3 is 19.5 Å². The summed E-state index contributed by atoms with van der Waals surface area (Å²) in [4.78, 5) is 12.4. The van der Waals surface area contributed by atoms with Crippen LogP contribution in [0.5, 0.6) is 17.2 Å². The molecule has 8 nitrogen and oxygen atoms in total. The number of carbonyl (C=O) groups excluding carboxylic acids is 1. The van der Waals surface area contributed by atoms with Gasteiger partial charge in [-0.15, -0.1) is 0 Å². The van der Waals surface area contributed by atoms with Crippen molar-refractivity contribution >= 4 is 21.6 Å². The molecule has 0 aromatic heterocycles. The number of hydrogen-bond acceptors (Lipinski definition) is 6. The number of halogens is 1. The van der Waals surface area contributed by atoms with Gasteiger partial charge in [-0.25, -0.2) is 12.8 Å². The third kappa shape index (κ3) is 5.40. The Morgan fingerprint density at radius 3 is 2.44 bits per heavy atom. The highest BCUT2D eigenvalue weighted by molar-refractivity contribution is 7.92. The van der Waals surface area contributed by atoms with Crippen LogP contribution in [0.15, 0.2) is 65.6 Å². The van der Waals surface area contributed by atoms with Crippen molar-refractivity contribution in [3.05, 3.63) is 77.6 Å². The normalized spacial score (nSPS) is 13.0. The average molecular weight is 487 g/mol. The Bertz CT molecular complexity index is 1300. The molecular formula is C24H23FN2O6S. The lowest BCUT2D eigenvalue weighted by atomic mass is 10.1. The number of ether oxygens (including phenoxy) is 3. The van der Waals surface area contributed by atoms with E-state index in [1.54, 1.807) is 12.1 Å². The first kappa shape index (κ1) is 23.4. The van der Waals surface area contributed by atoms with Gasteiger partial charge in [0.25, 0.3) is 15.9 Å². The molecule has 0 unspecified atom stereocenters. The Morgan fingerprint density at radius 1 is 1.00 bits per heavy atom. The van der Waals surface area contributed by atoms with Crippen LogP contribution >= 0.6 is 0 Å². The Balaban J connectivity index is 1.39. The third-order valence-corrected chi connectivity index (χ3v) is 6.48. The molecule has 1 heterocycles. The molecule has 0 bridgehead atoms. The Hall–Kier alpha value is -3.79. The first-order valence-corrected chi connectivity index (χ1v) is 12.0. The predicted octanol–water partition coefficient (Wildman–Crippen LogP) is 3.73. The topological polar surface area (TPSA) is 103 Å². The molecule has 0 fully saturated rings. The second kappa shape index (κ2) is 10.0. The van der Waals surface area contributed by atoms with Crippen molar-refractivity contribution < 1.29 is 31.8 Å². The average Bonchev–Trinajstić information content (AvgIpc) is 3.08. The lowest BCUT2D eigenvalue weighted by Crippen LogP contribution is -2.22. The largest absolute Gasteiger partial charge is 0.494 e. The number of rotatable bonds is 7. The maximum Gasteiger partial charge on any atom is 0.262 e. The van der Waals surface area contributed by atoms with Gasteiger partial charge in [-0.1, -0.05) is 6.07 Å². The van der Waals surface area contributed by atoms with Crippen LogP contribution < -0.4 is 24.2 Å². The first-order chi connectivity index (χ1) is 16.4. The van der Waals surface area contributed by atoms with Crippen LogP contribution in [0.4, 0.5) is 10.1 Å². The second-order valence-electron chi connectivity index (χ2n) is 7.49. The van der Waals surface area contributed by atoms with Gasteiger partial charge in [0, 0.05) is 30.3 Å². The molecule has 3 aromatic rings. The van der Waals surface area contributed by atoms with Gasteiger partial charge >= 0.3 is 0 Å². The molecule has 0 aliphatic carbocycles. The van der Waals surface area contributed by atoms with Crippen LogP contribution in [0.2, 0.25) is 0 Å². The van der Waals surface area contributed by atoms with E-state index in [1.165, 1.54) is 55.6 Å². The minimum Gasteiger partial charge on any atom is -0.494 e. The molecule has 1 aliphatic heterocycles. The number of anilines is 1. The highest BCUT2D eigenvalue weighted by Crippen LogP contribution is 2.32. The fourth-order valence-corrected chi connectivity index (χ4v) is 4.39. The fraction of sp³-hybridized carbons (Fsp3) is 0.208. The highest BCUT2D eigenvalue weighted by Gasteiger charge is 2.19. The van der Waals surface area contributed by atoms with Gasteiger partial charge in [-0.2, -0.15) is 0 Å². The number of sulfonamides is 1. The van der Waals surface area contributed by atoms with Crippen molar-refractivity contribution in [2.45, 2.75) is 17.9 Å². The van der Waals surface area contributed by atoms with E-state index < -0.39 is 15.8 Å². The van der Waals surface area contributed by atoms with Crippen molar-refractivity contribution in [1.29, 1.82) is 0 Å². The van der Waals surface area contributed by atoms with Gasteiger partial charge in [-0.3, -0.25) is 9.52 Å². The molecule has 0 saturated heterocycles. The number of hydrogen-bond donors (Lipinski definition) is 2. The Labute approximate surface area is 196 Å². The fourth-order valence-electron chi connectivity index (χ4n) is 3.32. The quantitative estimate of drug-likeness (QED) is 0.528. The highest BCUT2D eigenvalue weighted by atomic mass is 32.2. The standard InChI is InChI=1S/C24H23FN2O6S/c1-31-21-9-3-16(13-20(21)25)15-26-24(28)17-4-6-18(7-5-17)27-34(29,30)19-8-10-22-23(14-19)33-12-2-11-32-22/h3-10,13-14,27H,2,11-12,15H2,1H3,(H,26,28). The van der Waals surface area contributed by atoms with Crippen LogP contribution in [0.3, 0.4) is 0 Å². The summed E-state index contributed by atoms with van der Waals surface area (Å²) in [5.41, 5.74) is 1.19. The van der Waals surface area contributed by atoms with Crippen LogP contribution in [0, 0.1) is 5.82 Å². The zero-order chi connectivity index (χ0) is 24.1. The predicted molar refractivity (Wildman–Crippen MR) is 123 cm³/mol. The van der Waals surface area contributed by atoms with E-state index in [9.17, 15) is 17.6 Å². The van der Waals surface area contributed by atoms with Crippen LogP contribution in [0.25, 0.3) is 0 Å². The number of fused-ring (bicyclic) bond motifs is 1. The van der Waals surface area contributed by atoms with Crippen LogP contribution in [-0.2, 0) is 16.6 Å². The zero-order valence-electron chi connectivity index (χ0n) is 18.3. The van der Waals surface area contributed by atoms with Crippen molar-refractivity contribution in [2.24, 2.45) is 0 Å². The monoisotopic (exact) mass is 486 g/mol. The van der Waals surface area contributed by atoms with E-state index in [0.29, 0.717) is 47.9 Å². The molecule has 0 saturated carbocycles. The lowest BCUT2D eigenvalue weighted by Gasteiger charge is -2.12. The van der Waals surface area contributed by atoms with Gasteiger partial charge in [0.1, 0.15) is 0 Å². The van der Waals surface area contributed by atoms with Crippen molar-refractivity contribution in [3.8, 4) is 17.2 Å². The van der Waals surface area contributed by atoms with Crippen LogP contribution in [0.1, 0.15) is 22.3 Å². The van der Waals surface area contributed by atoms with Gasteiger partial charge in [-0.05, 0) is 54.1 Å². The van der Waals surface area contributed by atoms with Crippen molar-refractivity contribution in [2.75, 3.05) is 25.0 Å². The van der Waals surface area contributed by atoms with E-state index in [-0.39, 0.29) is 23.1 Å². The molecule has 4 rings (SSSR count). The second-order valence-corrected chi connectivity index (χ2v) is 9.18. The molecular weight excluding hydrogens is 463 g/mol. The number of amides is 1. The van der Waals surface area contributed by atoms with E-state index >= 15 is 0 Å². The van der Waals surface area contributed by atoms with Crippen molar-refractivity contribution in [3.63, 3.8) is 0 Å². The third-order valence-electron chi connectivity index (χ3n) is 5.10. The number of benzene rings is 3.